The van der Waals surface area contributed by atoms with Gasteiger partial charge in [-0.1, -0.05) is 106 Å². The van der Waals surface area contributed by atoms with E-state index < -0.39 is 31.5 Å². The van der Waals surface area contributed by atoms with E-state index in [1.54, 1.807) is 0 Å². The molecule has 0 saturated heterocycles. The zero-order valence-electron chi connectivity index (χ0n) is 23.3. The predicted octanol–water partition coefficient (Wildman–Crippen LogP) is 4.63. The molecule has 0 saturated carbocycles. The molecule has 0 rings (SSSR count). The second-order valence-electron chi connectivity index (χ2n) is 8.74. The largest absolute Gasteiger partial charge is 2.00 e. The zero-order chi connectivity index (χ0) is 25.2. The number of hydrogen-bond donors (Lipinski definition) is 0. The zero-order valence-corrected chi connectivity index (χ0v) is 37.3. The Bertz CT molecular complexity index is 521. The Labute approximate surface area is 272 Å². The molecule has 0 aliphatic carbocycles. The van der Waals surface area contributed by atoms with E-state index in [9.17, 15) is 19.6 Å². The van der Waals surface area contributed by atoms with Gasteiger partial charge in [0.1, 0.15) is 0 Å². The van der Waals surface area contributed by atoms with E-state index in [0.717, 1.165) is 37.2 Å². The third-order valence-corrected chi connectivity index (χ3v) is 20.3. The first-order valence-corrected chi connectivity index (χ1v) is 21.6. The maximum atomic E-state index is 11.4. The summed E-state index contributed by atoms with van der Waals surface area (Å²) in [6.07, 6.45) is 14.4. The SMILES string of the molecule is CCCCCCCCS(C(C)C)=P([O-])([O-])[S-].CCCCCCCCS(C(C)C)=P([O-])([O-])[S-].[Zn+2].[Zn+2].[Zn+2]. The molecule has 13 heteroatoms. The van der Waals surface area contributed by atoms with Crippen molar-refractivity contribution < 1.29 is 78.0 Å². The van der Waals surface area contributed by atoms with Crippen LogP contribution in [-0.2, 0) is 103 Å². The first kappa shape index (κ1) is 48.7. The fraction of sp³-hybridized carbons (Fsp3) is 1.00. The van der Waals surface area contributed by atoms with Gasteiger partial charge >= 0.3 is 58.4 Å². The fourth-order valence-electron chi connectivity index (χ4n) is 3.27. The summed E-state index contributed by atoms with van der Waals surface area (Å²) >= 11 is 9.23. The van der Waals surface area contributed by atoms with Crippen LogP contribution < -0.4 is 19.6 Å². The Kier molecular flexibility index (Phi) is 41.0. The van der Waals surface area contributed by atoms with Crippen molar-refractivity contribution in [1.29, 1.82) is 0 Å². The van der Waals surface area contributed by atoms with Crippen LogP contribution in [0.2, 0.25) is 0 Å². The van der Waals surface area contributed by atoms with E-state index in [-0.39, 0.29) is 68.9 Å². The molecule has 0 heterocycles. The summed E-state index contributed by atoms with van der Waals surface area (Å²) in [5, 5.41) is 0.355. The van der Waals surface area contributed by atoms with Crippen LogP contribution in [-0.4, -0.2) is 22.0 Å². The molecule has 2 atom stereocenters. The molecule has 2 unspecified atom stereocenters. The fourth-order valence-corrected chi connectivity index (χ4v) is 16.3. The molecule has 0 aliphatic heterocycles. The smallest absolute Gasteiger partial charge is 0.854 e. The molecule has 0 aromatic rings. The van der Waals surface area contributed by atoms with Crippen molar-refractivity contribution in [1.82, 2.24) is 0 Å². The van der Waals surface area contributed by atoms with Gasteiger partial charge in [0, 0.05) is 0 Å². The van der Waals surface area contributed by atoms with Gasteiger partial charge in [0.25, 0.3) is 0 Å². The average Bonchev–Trinajstić information content (AvgIpc) is 2.64. The van der Waals surface area contributed by atoms with Crippen LogP contribution in [0.1, 0.15) is 119 Å². The quantitative estimate of drug-likeness (QED) is 0.0987. The van der Waals surface area contributed by atoms with Crippen LogP contribution in [0.4, 0.5) is 0 Å². The Hall–Kier alpha value is 3.97. The first-order valence-electron chi connectivity index (χ1n) is 12.2. The van der Waals surface area contributed by atoms with Gasteiger partial charge in [-0.15, -0.1) is 0 Å². The molecular weight excluding hydrogens is 715 g/mol. The van der Waals surface area contributed by atoms with Crippen molar-refractivity contribution in [3.63, 3.8) is 0 Å². The molecule has 0 bridgehead atoms. The van der Waals surface area contributed by atoms with Crippen LogP contribution in [0.3, 0.4) is 0 Å². The van der Waals surface area contributed by atoms with E-state index in [0.29, 0.717) is 0 Å². The van der Waals surface area contributed by atoms with E-state index in [1.165, 1.54) is 51.4 Å². The predicted molar refractivity (Wildman–Crippen MR) is 150 cm³/mol. The van der Waals surface area contributed by atoms with Crippen LogP contribution in [0, 0.1) is 0 Å². The first-order chi connectivity index (χ1) is 14.8. The second kappa shape index (κ2) is 29.5. The van der Waals surface area contributed by atoms with Gasteiger partial charge in [0.05, 0.1) is 0 Å². The van der Waals surface area contributed by atoms with Gasteiger partial charge in [0.15, 0.2) is 0 Å². The normalized spacial score (nSPS) is 13.2. The van der Waals surface area contributed by atoms with Crippen LogP contribution in [0.15, 0.2) is 0 Å². The van der Waals surface area contributed by atoms with Gasteiger partial charge in [-0.2, -0.15) is 0 Å². The van der Waals surface area contributed by atoms with Crippen LogP contribution in [0.5, 0.6) is 0 Å². The summed E-state index contributed by atoms with van der Waals surface area (Å²) < 4.78 is 0. The van der Waals surface area contributed by atoms with Crippen LogP contribution in [0.25, 0.3) is 0 Å². The summed E-state index contributed by atoms with van der Waals surface area (Å²) in [6, 6.07) is 0. The van der Waals surface area contributed by atoms with Crippen molar-refractivity contribution in [3.8, 4) is 0 Å². The molecule has 0 amide bonds. The van der Waals surface area contributed by atoms with Crippen molar-refractivity contribution in [2.75, 3.05) is 11.5 Å². The standard InChI is InChI=1S/2C11H24O2PS2.3Zn/c2*1-4-5-6-7-8-9-10-16(11(2)3)14(12,13)15;;;/h2*11H,4-10H2,1-3H3;;;/q2*-3;3*+2. The van der Waals surface area contributed by atoms with E-state index in [2.05, 4.69) is 38.3 Å². The topological polar surface area (TPSA) is 92.2 Å². The molecule has 0 aromatic heterocycles. The maximum absolute atomic E-state index is 11.4. The average molecular weight is 763 g/mol. The Morgan fingerprint density at radius 2 is 0.743 bits per heavy atom. The molecule has 0 N–H and O–H groups in total. The number of rotatable bonds is 16. The van der Waals surface area contributed by atoms with Gasteiger partial charge < -0.3 is 55.5 Å². The summed E-state index contributed by atoms with van der Waals surface area (Å²) in [4.78, 5) is 45.6. The molecular formula is C22H48O4P2S4Zn3. The van der Waals surface area contributed by atoms with E-state index in [4.69, 9.17) is 0 Å². The third-order valence-electron chi connectivity index (χ3n) is 5.08. The van der Waals surface area contributed by atoms with Gasteiger partial charge in [-0.25, -0.2) is 20.1 Å². The third kappa shape index (κ3) is 30.8. The van der Waals surface area contributed by atoms with E-state index in [1.807, 2.05) is 27.7 Å². The summed E-state index contributed by atoms with van der Waals surface area (Å²) in [6.45, 7) is 12.2. The second-order valence-corrected chi connectivity index (χ2v) is 24.8. The molecule has 0 spiro atoms. The van der Waals surface area contributed by atoms with Gasteiger partial charge in [-0.05, 0) is 34.8 Å². The minimum absolute atomic E-state index is 0. The Balaban J connectivity index is -0.000000158. The van der Waals surface area contributed by atoms with Gasteiger partial charge in [-0.3, -0.25) is 0 Å². The van der Waals surface area contributed by atoms with Crippen molar-refractivity contribution in [2.45, 2.75) is 129 Å². The molecule has 0 aliphatic rings. The molecule has 0 fully saturated rings. The minimum Gasteiger partial charge on any atom is -0.854 e. The Morgan fingerprint density at radius 3 is 0.943 bits per heavy atom. The van der Waals surface area contributed by atoms with Gasteiger partial charge in [0.2, 0.25) is 0 Å². The van der Waals surface area contributed by atoms with Crippen molar-refractivity contribution in [3.05, 3.63) is 0 Å². The molecule has 0 aromatic carbocycles. The summed E-state index contributed by atoms with van der Waals surface area (Å²) in [5.41, 5.74) is -7.06. The van der Waals surface area contributed by atoms with Crippen molar-refractivity contribution >= 4 is 56.0 Å². The summed E-state index contributed by atoms with van der Waals surface area (Å²) in [5.74, 6) is 1.54. The van der Waals surface area contributed by atoms with E-state index >= 15 is 0 Å². The van der Waals surface area contributed by atoms with Crippen LogP contribution >= 0.6 is 11.4 Å². The minimum atomic E-state index is -3.53. The summed E-state index contributed by atoms with van der Waals surface area (Å²) in [7, 11) is -1.17. The molecule has 0 radical (unpaired) electrons. The Morgan fingerprint density at radius 1 is 0.514 bits per heavy atom. The molecule has 4 nitrogen and oxygen atoms in total. The monoisotopic (exact) mass is 758 g/mol. The molecule has 200 valence electrons. The number of hydrogen-bond acceptors (Lipinski definition) is 6. The number of unbranched alkanes of at least 4 members (excludes halogenated alkanes) is 10. The maximum Gasteiger partial charge on any atom is 2.00 e. The van der Waals surface area contributed by atoms with Crippen molar-refractivity contribution in [2.24, 2.45) is 0 Å². The molecule has 35 heavy (non-hydrogen) atoms.